The third-order valence-corrected chi connectivity index (χ3v) is 4.99. The Morgan fingerprint density at radius 1 is 0.944 bits per heavy atom. The van der Waals surface area contributed by atoms with E-state index >= 15 is 0 Å². The second-order valence-corrected chi connectivity index (χ2v) is 7.38. The number of hydrogen-bond donors (Lipinski definition) is 1. The molecule has 18 heavy (non-hydrogen) atoms. The molecule has 1 aliphatic carbocycles. The van der Waals surface area contributed by atoms with E-state index in [0.29, 0.717) is 5.41 Å². The van der Waals surface area contributed by atoms with Crippen molar-refractivity contribution in [1.29, 1.82) is 0 Å². The van der Waals surface area contributed by atoms with E-state index in [-0.39, 0.29) is 0 Å². The van der Waals surface area contributed by atoms with Gasteiger partial charge in [-0.3, -0.25) is 0 Å². The van der Waals surface area contributed by atoms with Crippen molar-refractivity contribution in [2.75, 3.05) is 19.8 Å². The molecule has 1 aliphatic heterocycles. The highest BCUT2D eigenvalue weighted by Gasteiger charge is 2.29. The van der Waals surface area contributed by atoms with E-state index in [1.807, 2.05) is 0 Å². The van der Waals surface area contributed by atoms with Crippen LogP contribution < -0.4 is 5.32 Å². The molecule has 0 atom stereocenters. The standard InChI is InChI=1S/C16H31NO/c1-16(2,3)14-6-4-13(5-7-14)12-17-15-8-10-18-11-9-15/h13-15,17H,4-12H2,1-3H3. The molecule has 106 valence electrons. The first-order valence-corrected chi connectivity index (χ1v) is 7.87. The zero-order valence-electron chi connectivity index (χ0n) is 12.5. The maximum Gasteiger partial charge on any atom is 0.0480 e. The summed E-state index contributed by atoms with van der Waals surface area (Å²) in [6.07, 6.45) is 8.14. The Hall–Kier alpha value is -0.0800. The number of ether oxygens (including phenoxy) is 1. The minimum Gasteiger partial charge on any atom is -0.381 e. The molecule has 0 radical (unpaired) electrons. The fourth-order valence-corrected chi connectivity index (χ4v) is 3.47. The molecule has 2 aliphatic rings. The molecule has 2 rings (SSSR count). The minimum absolute atomic E-state index is 0.513. The molecule has 0 aromatic carbocycles. The van der Waals surface area contributed by atoms with Crippen molar-refractivity contribution in [2.24, 2.45) is 17.3 Å². The van der Waals surface area contributed by atoms with Crippen LogP contribution in [0.4, 0.5) is 0 Å². The largest absolute Gasteiger partial charge is 0.381 e. The molecule has 0 spiro atoms. The number of nitrogens with one attached hydrogen (secondary N) is 1. The van der Waals surface area contributed by atoms with E-state index in [1.54, 1.807) is 0 Å². The van der Waals surface area contributed by atoms with Crippen LogP contribution in [0.25, 0.3) is 0 Å². The summed E-state index contributed by atoms with van der Waals surface area (Å²) < 4.78 is 5.40. The van der Waals surface area contributed by atoms with Gasteiger partial charge < -0.3 is 10.1 Å². The number of hydrogen-bond acceptors (Lipinski definition) is 2. The third-order valence-electron chi connectivity index (χ3n) is 4.99. The lowest BCUT2D eigenvalue weighted by molar-refractivity contribution is 0.0748. The van der Waals surface area contributed by atoms with E-state index < -0.39 is 0 Å². The summed E-state index contributed by atoms with van der Waals surface area (Å²) in [5.41, 5.74) is 0.513. The van der Waals surface area contributed by atoms with Crippen molar-refractivity contribution in [1.82, 2.24) is 5.32 Å². The summed E-state index contributed by atoms with van der Waals surface area (Å²) >= 11 is 0. The molecule has 0 unspecified atom stereocenters. The van der Waals surface area contributed by atoms with Crippen LogP contribution in [0.15, 0.2) is 0 Å². The molecule has 0 aromatic rings. The summed E-state index contributed by atoms with van der Waals surface area (Å²) in [6, 6.07) is 0.721. The first kappa shape index (κ1) is 14.3. The van der Waals surface area contributed by atoms with E-state index in [0.717, 1.165) is 31.1 Å². The highest BCUT2D eigenvalue weighted by atomic mass is 16.5. The molecule has 0 amide bonds. The second-order valence-electron chi connectivity index (χ2n) is 7.38. The van der Waals surface area contributed by atoms with Gasteiger partial charge in [-0.2, -0.15) is 0 Å². The van der Waals surface area contributed by atoms with Crippen LogP contribution in [-0.2, 0) is 4.74 Å². The zero-order chi connectivity index (χ0) is 13.0. The van der Waals surface area contributed by atoms with Gasteiger partial charge in [-0.15, -0.1) is 0 Å². The quantitative estimate of drug-likeness (QED) is 0.829. The molecule has 0 bridgehead atoms. The summed E-state index contributed by atoms with van der Waals surface area (Å²) in [7, 11) is 0. The van der Waals surface area contributed by atoms with Crippen LogP contribution in [0, 0.1) is 17.3 Å². The van der Waals surface area contributed by atoms with Gasteiger partial charge >= 0.3 is 0 Å². The van der Waals surface area contributed by atoms with Gasteiger partial charge in [0.2, 0.25) is 0 Å². The Kier molecular flexibility index (Phi) is 5.08. The van der Waals surface area contributed by atoms with Crippen LogP contribution in [0.1, 0.15) is 59.3 Å². The Bertz CT molecular complexity index is 232. The van der Waals surface area contributed by atoms with E-state index in [1.165, 1.54) is 45.1 Å². The van der Waals surface area contributed by atoms with E-state index in [9.17, 15) is 0 Å². The SMILES string of the molecule is CC(C)(C)C1CCC(CNC2CCOCC2)CC1. The third kappa shape index (κ3) is 4.24. The lowest BCUT2D eigenvalue weighted by Gasteiger charge is -2.37. The molecule has 2 nitrogen and oxygen atoms in total. The Balaban J connectivity index is 1.64. The van der Waals surface area contributed by atoms with Gasteiger partial charge in [-0.25, -0.2) is 0 Å². The van der Waals surface area contributed by atoms with Gasteiger partial charge in [0, 0.05) is 19.3 Å². The smallest absolute Gasteiger partial charge is 0.0480 e. The molecule has 0 aromatic heterocycles. The van der Waals surface area contributed by atoms with Crippen molar-refractivity contribution in [3.8, 4) is 0 Å². The van der Waals surface area contributed by atoms with Gasteiger partial charge in [-0.1, -0.05) is 20.8 Å². The lowest BCUT2D eigenvalue weighted by Crippen LogP contribution is -2.39. The maximum atomic E-state index is 5.40. The average Bonchev–Trinajstić information content (AvgIpc) is 2.37. The highest BCUT2D eigenvalue weighted by Crippen LogP contribution is 2.39. The summed E-state index contributed by atoms with van der Waals surface area (Å²) in [4.78, 5) is 0. The van der Waals surface area contributed by atoms with Crippen molar-refractivity contribution >= 4 is 0 Å². The molecular formula is C16H31NO. The minimum atomic E-state index is 0.513. The second kappa shape index (κ2) is 6.38. The Morgan fingerprint density at radius 2 is 1.56 bits per heavy atom. The molecule has 1 N–H and O–H groups in total. The van der Waals surface area contributed by atoms with Gasteiger partial charge in [0.1, 0.15) is 0 Å². The lowest BCUT2D eigenvalue weighted by atomic mass is 9.70. The van der Waals surface area contributed by atoms with Gasteiger partial charge in [0.15, 0.2) is 0 Å². The van der Waals surface area contributed by atoms with Crippen LogP contribution in [-0.4, -0.2) is 25.8 Å². The van der Waals surface area contributed by atoms with Gasteiger partial charge in [-0.05, 0) is 62.3 Å². The summed E-state index contributed by atoms with van der Waals surface area (Å²) in [6.45, 7) is 10.3. The van der Waals surface area contributed by atoms with Crippen molar-refractivity contribution in [2.45, 2.75) is 65.3 Å². The maximum absolute atomic E-state index is 5.40. The summed E-state index contributed by atoms with van der Waals surface area (Å²) in [5.74, 6) is 1.86. The average molecular weight is 253 g/mol. The van der Waals surface area contributed by atoms with Crippen molar-refractivity contribution in [3.05, 3.63) is 0 Å². The molecule has 1 saturated carbocycles. The summed E-state index contributed by atoms with van der Waals surface area (Å²) in [5, 5.41) is 3.76. The number of rotatable bonds is 3. The van der Waals surface area contributed by atoms with Crippen LogP contribution in [0.5, 0.6) is 0 Å². The van der Waals surface area contributed by atoms with E-state index in [2.05, 4.69) is 26.1 Å². The molecule has 1 saturated heterocycles. The van der Waals surface area contributed by atoms with Crippen LogP contribution >= 0.6 is 0 Å². The highest BCUT2D eigenvalue weighted by molar-refractivity contribution is 4.82. The predicted molar refractivity (Wildman–Crippen MR) is 76.7 cm³/mol. The molecule has 2 fully saturated rings. The Morgan fingerprint density at radius 3 is 2.11 bits per heavy atom. The fraction of sp³-hybridized carbons (Fsp3) is 1.00. The van der Waals surface area contributed by atoms with Gasteiger partial charge in [0.05, 0.1) is 0 Å². The predicted octanol–water partition coefficient (Wildman–Crippen LogP) is 3.61. The van der Waals surface area contributed by atoms with Crippen LogP contribution in [0.2, 0.25) is 0 Å². The first-order valence-electron chi connectivity index (χ1n) is 7.87. The Labute approximate surface area is 113 Å². The fourth-order valence-electron chi connectivity index (χ4n) is 3.47. The van der Waals surface area contributed by atoms with E-state index in [4.69, 9.17) is 4.74 Å². The molecule has 2 heteroatoms. The molecule has 1 heterocycles. The monoisotopic (exact) mass is 253 g/mol. The zero-order valence-corrected chi connectivity index (χ0v) is 12.5. The topological polar surface area (TPSA) is 21.3 Å². The normalized spacial score (nSPS) is 31.5. The van der Waals surface area contributed by atoms with Crippen LogP contribution in [0.3, 0.4) is 0 Å². The van der Waals surface area contributed by atoms with Crippen molar-refractivity contribution < 1.29 is 4.74 Å². The van der Waals surface area contributed by atoms with Gasteiger partial charge in [0.25, 0.3) is 0 Å². The van der Waals surface area contributed by atoms with Crippen molar-refractivity contribution in [3.63, 3.8) is 0 Å². The first-order chi connectivity index (χ1) is 8.55. The molecular weight excluding hydrogens is 222 g/mol.